The fraction of sp³-hybridized carbons (Fsp3) is 0.538. The highest BCUT2D eigenvalue weighted by Gasteiger charge is 1.99. The van der Waals surface area contributed by atoms with Crippen LogP contribution in [-0.2, 0) is 6.54 Å². The molecular weight excluding hydrogens is 184 g/mol. The van der Waals surface area contributed by atoms with Crippen molar-refractivity contribution in [3.63, 3.8) is 0 Å². The Bertz CT molecular complexity index is 295. The molecule has 0 unspecified atom stereocenters. The van der Waals surface area contributed by atoms with Crippen LogP contribution in [-0.4, -0.2) is 13.1 Å². The fourth-order valence-corrected chi connectivity index (χ4v) is 1.62. The molecule has 0 bridgehead atoms. The van der Waals surface area contributed by atoms with Gasteiger partial charge >= 0.3 is 0 Å². The first-order valence-corrected chi connectivity index (χ1v) is 5.71. The van der Waals surface area contributed by atoms with Crippen molar-refractivity contribution in [1.82, 2.24) is 5.32 Å². The third-order valence-corrected chi connectivity index (χ3v) is 2.84. The van der Waals surface area contributed by atoms with Crippen molar-refractivity contribution in [3.05, 3.63) is 34.9 Å². The Morgan fingerprint density at radius 3 is 2.73 bits per heavy atom. The van der Waals surface area contributed by atoms with Crippen LogP contribution in [0.1, 0.15) is 29.5 Å². The van der Waals surface area contributed by atoms with Crippen molar-refractivity contribution in [3.8, 4) is 0 Å². The fourth-order valence-electron chi connectivity index (χ4n) is 1.62. The lowest BCUT2D eigenvalue weighted by molar-refractivity contribution is 0.626. The third kappa shape index (κ3) is 4.02. The van der Waals surface area contributed by atoms with Crippen molar-refractivity contribution in [2.45, 2.75) is 33.2 Å². The molecule has 0 aromatic heterocycles. The number of rotatable bonds is 6. The van der Waals surface area contributed by atoms with Crippen LogP contribution in [0.5, 0.6) is 0 Å². The van der Waals surface area contributed by atoms with E-state index in [1.165, 1.54) is 23.1 Å². The standard InChI is InChI=1S/C13H22N2/c1-11-6-5-7-13(12(11)2)10-15-9-4-3-8-14/h5-7,15H,3-4,8-10,14H2,1-2H3. The first-order chi connectivity index (χ1) is 7.25. The molecule has 2 nitrogen and oxygen atoms in total. The summed E-state index contributed by atoms with van der Waals surface area (Å²) in [7, 11) is 0. The average Bonchev–Trinajstić information content (AvgIpc) is 2.24. The van der Waals surface area contributed by atoms with Gasteiger partial charge in [-0.25, -0.2) is 0 Å². The van der Waals surface area contributed by atoms with E-state index in [-0.39, 0.29) is 0 Å². The van der Waals surface area contributed by atoms with Crippen molar-refractivity contribution >= 4 is 0 Å². The average molecular weight is 206 g/mol. The van der Waals surface area contributed by atoms with Crippen LogP contribution in [0.3, 0.4) is 0 Å². The summed E-state index contributed by atoms with van der Waals surface area (Å²) in [6.07, 6.45) is 2.28. The monoisotopic (exact) mass is 206 g/mol. The minimum absolute atomic E-state index is 0.797. The molecule has 1 aromatic carbocycles. The van der Waals surface area contributed by atoms with E-state index < -0.39 is 0 Å². The first-order valence-electron chi connectivity index (χ1n) is 5.71. The molecule has 1 aromatic rings. The highest BCUT2D eigenvalue weighted by atomic mass is 14.8. The molecule has 0 heterocycles. The van der Waals surface area contributed by atoms with Gasteiger partial charge in [-0.1, -0.05) is 18.2 Å². The quantitative estimate of drug-likeness (QED) is 0.700. The van der Waals surface area contributed by atoms with E-state index >= 15 is 0 Å². The summed E-state index contributed by atoms with van der Waals surface area (Å²) >= 11 is 0. The zero-order valence-corrected chi connectivity index (χ0v) is 9.84. The first kappa shape index (κ1) is 12.2. The number of nitrogens with two attached hydrogens (primary N) is 1. The number of unbranched alkanes of at least 4 members (excludes halogenated alkanes) is 1. The van der Waals surface area contributed by atoms with Crippen LogP contribution in [0.15, 0.2) is 18.2 Å². The highest BCUT2D eigenvalue weighted by molar-refractivity contribution is 5.32. The lowest BCUT2D eigenvalue weighted by Gasteiger charge is -2.09. The van der Waals surface area contributed by atoms with Crippen LogP contribution in [0, 0.1) is 13.8 Å². The van der Waals surface area contributed by atoms with E-state index in [0.29, 0.717) is 0 Å². The van der Waals surface area contributed by atoms with E-state index in [9.17, 15) is 0 Å². The van der Waals surface area contributed by atoms with Crippen LogP contribution in [0.2, 0.25) is 0 Å². The van der Waals surface area contributed by atoms with Gasteiger partial charge in [-0.15, -0.1) is 0 Å². The molecule has 15 heavy (non-hydrogen) atoms. The lowest BCUT2D eigenvalue weighted by Crippen LogP contribution is -2.16. The maximum atomic E-state index is 5.44. The van der Waals surface area contributed by atoms with Gasteiger partial charge < -0.3 is 11.1 Å². The topological polar surface area (TPSA) is 38.0 Å². The predicted octanol–water partition coefficient (Wildman–Crippen LogP) is 2.13. The van der Waals surface area contributed by atoms with Crippen LogP contribution < -0.4 is 11.1 Å². The zero-order chi connectivity index (χ0) is 11.1. The van der Waals surface area contributed by atoms with Gasteiger partial charge in [0.15, 0.2) is 0 Å². The van der Waals surface area contributed by atoms with Gasteiger partial charge in [-0.2, -0.15) is 0 Å². The largest absolute Gasteiger partial charge is 0.330 e. The number of hydrogen-bond donors (Lipinski definition) is 2. The molecule has 2 heteroatoms. The third-order valence-electron chi connectivity index (χ3n) is 2.84. The SMILES string of the molecule is Cc1cccc(CNCCCCN)c1C. The Morgan fingerprint density at radius 1 is 1.20 bits per heavy atom. The smallest absolute Gasteiger partial charge is 0.0208 e. The number of aryl methyl sites for hydroxylation is 1. The normalized spacial score (nSPS) is 10.6. The summed E-state index contributed by atoms with van der Waals surface area (Å²) in [6.45, 7) is 7.17. The predicted molar refractivity (Wildman–Crippen MR) is 65.9 cm³/mol. The van der Waals surface area contributed by atoms with E-state index in [1.807, 2.05) is 0 Å². The molecule has 3 N–H and O–H groups in total. The molecule has 0 aliphatic carbocycles. The van der Waals surface area contributed by atoms with Crippen LogP contribution in [0.4, 0.5) is 0 Å². The van der Waals surface area contributed by atoms with Gasteiger partial charge in [-0.3, -0.25) is 0 Å². The van der Waals surface area contributed by atoms with Gasteiger partial charge in [0.25, 0.3) is 0 Å². The Balaban J connectivity index is 2.34. The molecule has 0 atom stereocenters. The molecule has 0 saturated heterocycles. The molecule has 0 aliphatic heterocycles. The van der Waals surface area contributed by atoms with E-state index in [2.05, 4.69) is 37.4 Å². The van der Waals surface area contributed by atoms with E-state index in [0.717, 1.165) is 26.1 Å². The molecule has 0 aliphatic rings. The van der Waals surface area contributed by atoms with Gasteiger partial charge in [0.2, 0.25) is 0 Å². The number of nitrogens with one attached hydrogen (secondary N) is 1. The van der Waals surface area contributed by atoms with Crippen molar-refractivity contribution in [2.75, 3.05) is 13.1 Å². The van der Waals surface area contributed by atoms with Crippen LogP contribution >= 0.6 is 0 Å². The van der Waals surface area contributed by atoms with Crippen LogP contribution in [0.25, 0.3) is 0 Å². The molecule has 0 fully saturated rings. The summed E-state index contributed by atoms with van der Waals surface area (Å²) in [5.41, 5.74) is 9.62. The molecular formula is C13H22N2. The Kier molecular flexibility index (Phi) is 5.37. The van der Waals surface area contributed by atoms with E-state index in [1.54, 1.807) is 0 Å². The minimum Gasteiger partial charge on any atom is -0.330 e. The molecule has 84 valence electrons. The molecule has 0 spiro atoms. The second-order valence-corrected chi connectivity index (χ2v) is 4.03. The minimum atomic E-state index is 0.797. The summed E-state index contributed by atoms with van der Waals surface area (Å²) in [6, 6.07) is 6.48. The number of benzene rings is 1. The summed E-state index contributed by atoms with van der Waals surface area (Å²) < 4.78 is 0. The van der Waals surface area contributed by atoms with Gasteiger partial charge in [-0.05, 0) is 56.5 Å². The Hall–Kier alpha value is -0.860. The van der Waals surface area contributed by atoms with Gasteiger partial charge in [0, 0.05) is 6.54 Å². The maximum Gasteiger partial charge on any atom is 0.0208 e. The van der Waals surface area contributed by atoms with Crippen molar-refractivity contribution < 1.29 is 0 Å². The highest BCUT2D eigenvalue weighted by Crippen LogP contribution is 2.12. The van der Waals surface area contributed by atoms with Gasteiger partial charge in [0.1, 0.15) is 0 Å². The Morgan fingerprint density at radius 2 is 2.00 bits per heavy atom. The summed E-state index contributed by atoms with van der Waals surface area (Å²) in [5.74, 6) is 0. The van der Waals surface area contributed by atoms with Gasteiger partial charge in [0.05, 0.1) is 0 Å². The lowest BCUT2D eigenvalue weighted by atomic mass is 10.0. The molecule has 0 amide bonds. The maximum absolute atomic E-state index is 5.44. The molecule has 0 saturated carbocycles. The summed E-state index contributed by atoms with van der Waals surface area (Å²) in [5, 5.41) is 3.45. The molecule has 0 radical (unpaired) electrons. The Labute approximate surface area is 92.9 Å². The van der Waals surface area contributed by atoms with Crippen molar-refractivity contribution in [1.29, 1.82) is 0 Å². The number of hydrogen-bond acceptors (Lipinski definition) is 2. The van der Waals surface area contributed by atoms with Crippen molar-refractivity contribution in [2.24, 2.45) is 5.73 Å². The van der Waals surface area contributed by atoms with E-state index in [4.69, 9.17) is 5.73 Å². The summed E-state index contributed by atoms with van der Waals surface area (Å²) in [4.78, 5) is 0. The second-order valence-electron chi connectivity index (χ2n) is 4.03. The second kappa shape index (κ2) is 6.59. The molecule has 1 rings (SSSR count). The zero-order valence-electron chi connectivity index (χ0n) is 9.84.